The van der Waals surface area contributed by atoms with Crippen molar-refractivity contribution in [1.29, 1.82) is 0 Å². The number of amides is 2. The molecule has 1 aliphatic rings. The lowest BCUT2D eigenvalue weighted by Crippen LogP contribution is -2.32. The molecule has 0 atom stereocenters. The monoisotopic (exact) mass is 412 g/mol. The first-order chi connectivity index (χ1) is 15.0. The highest BCUT2D eigenvalue weighted by atomic mass is 16.5. The minimum Gasteiger partial charge on any atom is -0.494 e. The van der Waals surface area contributed by atoms with Crippen molar-refractivity contribution in [2.24, 2.45) is 0 Å². The van der Waals surface area contributed by atoms with Gasteiger partial charge in [0.1, 0.15) is 11.4 Å². The van der Waals surface area contributed by atoms with Crippen molar-refractivity contribution in [3.8, 4) is 5.75 Å². The molecule has 5 heteroatoms. The number of carbonyl (C=O) groups excluding carboxylic acids is 2. The molecule has 0 bridgehead atoms. The van der Waals surface area contributed by atoms with Crippen LogP contribution in [0.25, 0.3) is 5.57 Å². The molecule has 2 amide bonds. The molecule has 5 nitrogen and oxygen atoms in total. The number of anilines is 2. The van der Waals surface area contributed by atoms with Gasteiger partial charge < -0.3 is 10.1 Å². The number of rotatable bonds is 6. The maximum atomic E-state index is 13.5. The van der Waals surface area contributed by atoms with Gasteiger partial charge in [0, 0.05) is 5.69 Å². The second kappa shape index (κ2) is 8.48. The van der Waals surface area contributed by atoms with E-state index in [1.54, 1.807) is 24.3 Å². The molecule has 156 valence electrons. The van der Waals surface area contributed by atoms with E-state index in [0.717, 1.165) is 16.8 Å². The fourth-order valence-electron chi connectivity index (χ4n) is 3.59. The molecule has 0 saturated heterocycles. The van der Waals surface area contributed by atoms with Crippen LogP contribution in [0.1, 0.15) is 23.6 Å². The van der Waals surface area contributed by atoms with Crippen LogP contribution in [0.15, 0.2) is 78.5 Å². The Labute approximate surface area is 182 Å². The van der Waals surface area contributed by atoms with Gasteiger partial charge in [-0.05, 0) is 68.3 Å². The van der Waals surface area contributed by atoms with E-state index in [0.29, 0.717) is 29.2 Å². The summed E-state index contributed by atoms with van der Waals surface area (Å²) in [6, 6.07) is 22.3. The molecule has 31 heavy (non-hydrogen) atoms. The molecule has 3 aromatic rings. The lowest BCUT2D eigenvalue weighted by atomic mass is 10.0. The third-order valence-electron chi connectivity index (χ3n) is 5.12. The van der Waals surface area contributed by atoms with Crippen LogP contribution in [0.3, 0.4) is 0 Å². The molecule has 0 saturated carbocycles. The molecule has 1 N–H and O–H groups in total. The Morgan fingerprint density at radius 3 is 2.19 bits per heavy atom. The van der Waals surface area contributed by atoms with Crippen molar-refractivity contribution in [3.63, 3.8) is 0 Å². The van der Waals surface area contributed by atoms with Crippen LogP contribution in [0.5, 0.6) is 5.75 Å². The standard InChI is InChI=1S/C26H24N2O3/c1-4-31-22-14-12-21(13-15-22)28-25(29)23(19-10-8-17(2)9-11-19)24(26(28)30)27-20-7-5-6-18(3)16-20/h5-16,27H,4H2,1-3H3. The Morgan fingerprint density at radius 1 is 0.839 bits per heavy atom. The number of hydrogen-bond acceptors (Lipinski definition) is 4. The van der Waals surface area contributed by atoms with E-state index in [-0.39, 0.29) is 17.5 Å². The molecule has 0 unspecified atom stereocenters. The Morgan fingerprint density at radius 2 is 1.55 bits per heavy atom. The number of aryl methyl sites for hydroxylation is 2. The summed E-state index contributed by atoms with van der Waals surface area (Å²) in [4.78, 5) is 28.1. The maximum absolute atomic E-state index is 13.5. The van der Waals surface area contributed by atoms with Crippen molar-refractivity contribution >= 4 is 28.8 Å². The van der Waals surface area contributed by atoms with Crippen LogP contribution in [0.4, 0.5) is 11.4 Å². The zero-order chi connectivity index (χ0) is 22.0. The van der Waals surface area contributed by atoms with E-state index < -0.39 is 0 Å². The quantitative estimate of drug-likeness (QED) is 0.573. The van der Waals surface area contributed by atoms with Gasteiger partial charge >= 0.3 is 0 Å². The second-order valence-electron chi connectivity index (χ2n) is 7.48. The third kappa shape index (κ3) is 4.08. The molecule has 0 fully saturated rings. The zero-order valence-corrected chi connectivity index (χ0v) is 17.8. The Balaban J connectivity index is 1.77. The molecular formula is C26H24N2O3. The lowest BCUT2D eigenvalue weighted by molar-refractivity contribution is -0.120. The van der Waals surface area contributed by atoms with E-state index in [1.807, 2.05) is 69.3 Å². The molecule has 0 spiro atoms. The van der Waals surface area contributed by atoms with Gasteiger partial charge in [-0.2, -0.15) is 0 Å². The third-order valence-corrected chi connectivity index (χ3v) is 5.12. The molecule has 0 aromatic heterocycles. The van der Waals surface area contributed by atoms with Crippen LogP contribution in [0.2, 0.25) is 0 Å². The average Bonchev–Trinajstić information content (AvgIpc) is 2.99. The van der Waals surface area contributed by atoms with Crippen molar-refractivity contribution < 1.29 is 14.3 Å². The van der Waals surface area contributed by atoms with E-state index in [4.69, 9.17) is 4.74 Å². The number of benzene rings is 3. The number of carbonyl (C=O) groups is 2. The lowest BCUT2D eigenvalue weighted by Gasteiger charge is -2.16. The van der Waals surface area contributed by atoms with Crippen LogP contribution >= 0.6 is 0 Å². The zero-order valence-electron chi connectivity index (χ0n) is 17.8. The molecular weight excluding hydrogens is 388 g/mol. The molecule has 3 aromatic carbocycles. The number of nitrogens with one attached hydrogen (secondary N) is 1. The summed E-state index contributed by atoms with van der Waals surface area (Å²) in [6.07, 6.45) is 0. The molecule has 4 rings (SSSR count). The largest absolute Gasteiger partial charge is 0.494 e. The first-order valence-electron chi connectivity index (χ1n) is 10.2. The van der Waals surface area contributed by atoms with Crippen LogP contribution in [-0.4, -0.2) is 18.4 Å². The van der Waals surface area contributed by atoms with E-state index >= 15 is 0 Å². The number of imide groups is 1. The maximum Gasteiger partial charge on any atom is 0.282 e. The highest BCUT2D eigenvalue weighted by Crippen LogP contribution is 2.34. The Hall–Kier alpha value is -3.86. The summed E-state index contributed by atoms with van der Waals surface area (Å²) in [5.41, 5.74) is 4.74. The summed E-state index contributed by atoms with van der Waals surface area (Å²) in [7, 11) is 0. The normalized spacial score (nSPS) is 13.7. The summed E-state index contributed by atoms with van der Waals surface area (Å²) in [6.45, 7) is 6.42. The van der Waals surface area contributed by atoms with Gasteiger partial charge in [0.2, 0.25) is 0 Å². The van der Waals surface area contributed by atoms with Gasteiger partial charge in [0.25, 0.3) is 11.8 Å². The predicted molar refractivity (Wildman–Crippen MR) is 123 cm³/mol. The Bertz CT molecular complexity index is 1160. The SMILES string of the molecule is CCOc1ccc(N2C(=O)C(Nc3cccc(C)c3)=C(c3ccc(C)cc3)C2=O)cc1. The van der Waals surface area contributed by atoms with Gasteiger partial charge in [0.05, 0.1) is 17.9 Å². The summed E-state index contributed by atoms with van der Waals surface area (Å²) >= 11 is 0. The minimum atomic E-state index is -0.383. The molecule has 0 aliphatic carbocycles. The van der Waals surface area contributed by atoms with Gasteiger partial charge in [-0.25, -0.2) is 4.90 Å². The highest BCUT2D eigenvalue weighted by molar-refractivity contribution is 6.46. The van der Waals surface area contributed by atoms with Gasteiger partial charge in [-0.1, -0.05) is 42.0 Å². The van der Waals surface area contributed by atoms with Crippen LogP contribution in [0, 0.1) is 13.8 Å². The molecule has 1 aliphatic heterocycles. The van der Waals surface area contributed by atoms with Gasteiger partial charge in [0.15, 0.2) is 0 Å². The predicted octanol–water partition coefficient (Wildman–Crippen LogP) is 5.10. The van der Waals surface area contributed by atoms with E-state index in [2.05, 4.69) is 5.32 Å². The van der Waals surface area contributed by atoms with E-state index in [1.165, 1.54) is 4.90 Å². The van der Waals surface area contributed by atoms with Crippen molar-refractivity contribution in [2.45, 2.75) is 20.8 Å². The van der Waals surface area contributed by atoms with E-state index in [9.17, 15) is 9.59 Å². The number of hydrogen-bond donors (Lipinski definition) is 1. The van der Waals surface area contributed by atoms with Crippen LogP contribution < -0.4 is 15.0 Å². The number of ether oxygens (including phenoxy) is 1. The molecule has 0 radical (unpaired) electrons. The Kier molecular flexibility index (Phi) is 5.58. The average molecular weight is 412 g/mol. The molecule has 1 heterocycles. The fraction of sp³-hybridized carbons (Fsp3) is 0.154. The topological polar surface area (TPSA) is 58.6 Å². The van der Waals surface area contributed by atoms with Crippen molar-refractivity contribution in [2.75, 3.05) is 16.8 Å². The van der Waals surface area contributed by atoms with Gasteiger partial charge in [-0.3, -0.25) is 9.59 Å². The van der Waals surface area contributed by atoms with Crippen molar-refractivity contribution in [1.82, 2.24) is 0 Å². The second-order valence-corrected chi connectivity index (χ2v) is 7.48. The minimum absolute atomic E-state index is 0.272. The first kappa shape index (κ1) is 20.4. The fourth-order valence-corrected chi connectivity index (χ4v) is 3.59. The summed E-state index contributed by atoms with van der Waals surface area (Å²) in [5, 5.41) is 3.20. The first-order valence-corrected chi connectivity index (χ1v) is 10.2. The van der Waals surface area contributed by atoms with Crippen LogP contribution in [-0.2, 0) is 9.59 Å². The smallest absolute Gasteiger partial charge is 0.282 e. The highest BCUT2D eigenvalue weighted by Gasteiger charge is 2.40. The van der Waals surface area contributed by atoms with Crippen molar-refractivity contribution in [3.05, 3.63) is 95.2 Å². The summed E-state index contributed by atoms with van der Waals surface area (Å²) < 4.78 is 5.48. The van der Waals surface area contributed by atoms with Gasteiger partial charge in [-0.15, -0.1) is 0 Å². The summed E-state index contributed by atoms with van der Waals surface area (Å²) in [5.74, 6) is -0.0467. The number of nitrogens with zero attached hydrogens (tertiary/aromatic N) is 1.